The predicted octanol–water partition coefficient (Wildman–Crippen LogP) is 5.19. The van der Waals surface area contributed by atoms with E-state index >= 15 is 0 Å². The number of alkyl halides is 1. The highest BCUT2D eigenvalue weighted by atomic mass is 35.5. The first kappa shape index (κ1) is 18.5. The molecule has 0 aliphatic heterocycles. The molecule has 0 bridgehead atoms. The number of hydrogen-bond acceptors (Lipinski definition) is 3. The Labute approximate surface area is 151 Å². The Morgan fingerprint density at radius 1 is 1.13 bits per heavy atom. The summed E-state index contributed by atoms with van der Waals surface area (Å²) in [5.41, 5.74) is 1.17. The molecular formula is C18H21Cl2NOS. The summed E-state index contributed by atoms with van der Waals surface area (Å²) >= 11 is 13.8. The number of benzene rings is 1. The second-order valence-corrected chi connectivity index (χ2v) is 7.28. The molecular weight excluding hydrogens is 349 g/mol. The second kappa shape index (κ2) is 10.1. The molecule has 1 N–H and O–H groups in total. The number of hydrogen-bond donors (Lipinski definition) is 1. The van der Waals surface area contributed by atoms with Crippen LogP contribution < -0.4 is 5.32 Å². The molecule has 0 fully saturated rings. The molecule has 23 heavy (non-hydrogen) atoms. The van der Waals surface area contributed by atoms with Gasteiger partial charge < -0.3 is 5.32 Å². The average molecular weight is 370 g/mol. The molecule has 1 atom stereocenters. The van der Waals surface area contributed by atoms with Crippen LogP contribution in [-0.2, 0) is 6.42 Å². The average Bonchev–Trinajstić information content (AvgIpc) is 3.09. The monoisotopic (exact) mass is 369 g/mol. The van der Waals surface area contributed by atoms with E-state index in [1.54, 1.807) is 0 Å². The van der Waals surface area contributed by atoms with Crippen LogP contribution in [0.5, 0.6) is 0 Å². The smallest absolute Gasteiger partial charge is 0.190 e. The summed E-state index contributed by atoms with van der Waals surface area (Å²) in [7, 11) is 0. The first-order chi connectivity index (χ1) is 11.2. The van der Waals surface area contributed by atoms with Gasteiger partial charge in [0.2, 0.25) is 0 Å². The van der Waals surface area contributed by atoms with Crippen molar-refractivity contribution in [2.45, 2.75) is 31.1 Å². The Morgan fingerprint density at radius 2 is 1.96 bits per heavy atom. The third kappa shape index (κ3) is 6.27. The molecule has 1 aromatic heterocycles. The van der Waals surface area contributed by atoms with Gasteiger partial charge in [-0.1, -0.05) is 42.3 Å². The number of thiophene rings is 1. The number of rotatable bonds is 10. The fourth-order valence-corrected chi connectivity index (χ4v) is 3.61. The van der Waals surface area contributed by atoms with Crippen LogP contribution in [0.4, 0.5) is 0 Å². The maximum absolute atomic E-state index is 12.0. The largest absolute Gasteiger partial charge is 0.316 e. The predicted molar refractivity (Wildman–Crippen MR) is 100 cm³/mol. The number of Topliss-reactive ketones (excluding diaryl/α,β-unsaturated/α-hetero) is 1. The third-order valence-electron chi connectivity index (χ3n) is 3.64. The molecule has 0 saturated heterocycles. The summed E-state index contributed by atoms with van der Waals surface area (Å²) in [6.45, 7) is 1.84. The van der Waals surface area contributed by atoms with E-state index in [4.69, 9.17) is 23.2 Å². The SMILES string of the molecule is O=C(c1cccs1)C(Cl)CCCCNCCc1ccccc1Cl. The second-order valence-electron chi connectivity index (χ2n) is 5.40. The maximum atomic E-state index is 12.0. The van der Waals surface area contributed by atoms with Crippen LogP contribution in [0.25, 0.3) is 0 Å². The minimum Gasteiger partial charge on any atom is -0.316 e. The highest BCUT2D eigenvalue weighted by molar-refractivity contribution is 7.12. The van der Waals surface area contributed by atoms with Crippen LogP contribution >= 0.6 is 34.5 Å². The number of carbonyl (C=O) groups excluding carboxylic acids is 1. The van der Waals surface area contributed by atoms with Crippen LogP contribution in [0.15, 0.2) is 41.8 Å². The van der Waals surface area contributed by atoms with Crippen molar-refractivity contribution < 1.29 is 4.79 Å². The van der Waals surface area contributed by atoms with E-state index in [9.17, 15) is 4.79 Å². The fraction of sp³-hybridized carbons (Fsp3) is 0.389. The van der Waals surface area contributed by atoms with Gasteiger partial charge >= 0.3 is 0 Å². The molecule has 1 unspecified atom stereocenters. The number of ketones is 1. The molecule has 1 aromatic carbocycles. The van der Waals surface area contributed by atoms with Gasteiger partial charge in [-0.25, -0.2) is 0 Å². The molecule has 2 rings (SSSR count). The van der Waals surface area contributed by atoms with Crippen molar-refractivity contribution in [1.29, 1.82) is 0 Å². The molecule has 0 aliphatic rings. The molecule has 0 radical (unpaired) electrons. The summed E-state index contributed by atoms with van der Waals surface area (Å²) in [6.07, 6.45) is 3.62. The molecule has 124 valence electrons. The molecule has 0 amide bonds. The Kier molecular flexibility index (Phi) is 8.10. The van der Waals surface area contributed by atoms with Gasteiger partial charge in [0.15, 0.2) is 5.78 Å². The van der Waals surface area contributed by atoms with E-state index in [2.05, 4.69) is 11.4 Å². The van der Waals surface area contributed by atoms with E-state index in [1.807, 2.05) is 35.7 Å². The van der Waals surface area contributed by atoms with E-state index in [1.165, 1.54) is 16.9 Å². The number of unbranched alkanes of at least 4 members (excludes halogenated alkanes) is 1. The van der Waals surface area contributed by atoms with Crippen molar-refractivity contribution in [3.63, 3.8) is 0 Å². The lowest BCUT2D eigenvalue weighted by Gasteiger charge is -2.08. The van der Waals surface area contributed by atoms with Gasteiger partial charge in [-0.05, 0) is 55.4 Å². The number of nitrogens with one attached hydrogen (secondary N) is 1. The molecule has 1 heterocycles. The lowest BCUT2D eigenvalue weighted by Crippen LogP contribution is -2.19. The van der Waals surface area contributed by atoms with Gasteiger partial charge in [0.1, 0.15) is 0 Å². The minimum absolute atomic E-state index is 0.0494. The third-order valence-corrected chi connectivity index (χ3v) is 5.31. The first-order valence-electron chi connectivity index (χ1n) is 7.84. The topological polar surface area (TPSA) is 29.1 Å². The summed E-state index contributed by atoms with van der Waals surface area (Å²) in [5.74, 6) is 0.0494. The van der Waals surface area contributed by atoms with Crippen LogP contribution in [-0.4, -0.2) is 24.2 Å². The van der Waals surface area contributed by atoms with E-state index in [0.717, 1.165) is 48.7 Å². The van der Waals surface area contributed by atoms with Gasteiger partial charge in [-0.15, -0.1) is 22.9 Å². The van der Waals surface area contributed by atoms with Gasteiger partial charge in [0, 0.05) is 5.02 Å². The van der Waals surface area contributed by atoms with E-state index < -0.39 is 5.38 Å². The zero-order chi connectivity index (χ0) is 16.5. The Balaban J connectivity index is 1.54. The van der Waals surface area contributed by atoms with Gasteiger partial charge in [-0.3, -0.25) is 4.79 Å². The Bertz CT molecular complexity index is 601. The molecule has 0 saturated carbocycles. The fourth-order valence-electron chi connectivity index (χ4n) is 2.33. The standard InChI is InChI=1S/C18H21Cl2NOS/c19-15-7-2-1-6-14(15)10-12-21-11-4-3-8-16(20)18(22)17-9-5-13-23-17/h1-2,5-7,9,13,16,21H,3-4,8,10-12H2. The van der Waals surface area contributed by atoms with E-state index in [-0.39, 0.29) is 5.78 Å². The van der Waals surface area contributed by atoms with Crippen LogP contribution in [0, 0.1) is 0 Å². The van der Waals surface area contributed by atoms with Gasteiger partial charge in [0.05, 0.1) is 10.3 Å². The van der Waals surface area contributed by atoms with Crippen molar-refractivity contribution in [2.24, 2.45) is 0 Å². The lowest BCUT2D eigenvalue weighted by atomic mass is 10.1. The van der Waals surface area contributed by atoms with Crippen LogP contribution in [0.1, 0.15) is 34.5 Å². The zero-order valence-corrected chi connectivity index (χ0v) is 15.3. The van der Waals surface area contributed by atoms with Crippen molar-refractivity contribution in [3.05, 3.63) is 57.2 Å². The van der Waals surface area contributed by atoms with Crippen LogP contribution in [0.3, 0.4) is 0 Å². The summed E-state index contributed by atoms with van der Waals surface area (Å²) < 4.78 is 0. The van der Waals surface area contributed by atoms with E-state index in [0.29, 0.717) is 0 Å². The highest BCUT2D eigenvalue weighted by Crippen LogP contribution is 2.18. The minimum atomic E-state index is -0.406. The quantitative estimate of drug-likeness (QED) is 0.354. The van der Waals surface area contributed by atoms with Crippen molar-refractivity contribution in [1.82, 2.24) is 5.32 Å². The Morgan fingerprint density at radius 3 is 2.70 bits per heavy atom. The number of halogens is 2. The summed E-state index contributed by atoms with van der Waals surface area (Å²) in [6, 6.07) is 11.6. The molecule has 2 nitrogen and oxygen atoms in total. The van der Waals surface area contributed by atoms with Crippen molar-refractivity contribution in [2.75, 3.05) is 13.1 Å². The highest BCUT2D eigenvalue weighted by Gasteiger charge is 2.17. The van der Waals surface area contributed by atoms with Crippen molar-refractivity contribution in [3.8, 4) is 0 Å². The van der Waals surface area contributed by atoms with Gasteiger partial charge in [0.25, 0.3) is 0 Å². The zero-order valence-electron chi connectivity index (χ0n) is 12.9. The number of carbonyl (C=O) groups is 1. The Hall–Kier alpha value is -0.870. The lowest BCUT2D eigenvalue weighted by molar-refractivity contribution is 0.0987. The normalized spacial score (nSPS) is 12.3. The van der Waals surface area contributed by atoms with Gasteiger partial charge in [-0.2, -0.15) is 0 Å². The molecule has 2 aromatic rings. The van der Waals surface area contributed by atoms with Crippen LogP contribution in [0.2, 0.25) is 5.02 Å². The summed E-state index contributed by atoms with van der Waals surface area (Å²) in [4.78, 5) is 12.8. The maximum Gasteiger partial charge on any atom is 0.190 e. The molecule has 0 aliphatic carbocycles. The molecule has 0 spiro atoms. The summed E-state index contributed by atoms with van der Waals surface area (Å²) in [5, 5.41) is 5.73. The van der Waals surface area contributed by atoms with Crippen molar-refractivity contribution >= 4 is 40.3 Å². The molecule has 5 heteroatoms. The first-order valence-corrected chi connectivity index (χ1v) is 9.54.